The van der Waals surface area contributed by atoms with Crippen LogP contribution in [0.2, 0.25) is 0 Å². The number of hydrogen-bond donors (Lipinski definition) is 1. The van der Waals surface area contributed by atoms with Crippen LogP contribution in [0.5, 0.6) is 0 Å². The number of likely N-dealkylation sites (N-methyl/N-ethyl adjacent to an activating group) is 1. The third-order valence-corrected chi connectivity index (χ3v) is 3.21. The molecule has 2 rings (SSSR count). The van der Waals surface area contributed by atoms with E-state index in [2.05, 4.69) is 0 Å². The topological polar surface area (TPSA) is 64.8 Å². The van der Waals surface area contributed by atoms with E-state index in [4.69, 9.17) is 15.2 Å². The molecule has 1 aliphatic heterocycles. The third-order valence-electron chi connectivity index (χ3n) is 3.21. The van der Waals surface area contributed by atoms with Crippen molar-refractivity contribution in [1.29, 1.82) is 0 Å². The van der Waals surface area contributed by atoms with Gasteiger partial charge in [-0.1, -0.05) is 0 Å². The lowest BCUT2D eigenvalue weighted by molar-refractivity contribution is -0.123. The Balaban J connectivity index is 1.77. The van der Waals surface area contributed by atoms with E-state index in [0.29, 0.717) is 12.3 Å². The standard InChI is InChI=1S/C14H20N2O3/c1-16(12-6-4-11(15)5-7-12)14(17)10-18-9-13-3-2-8-19-13/h4-7,13H,2-3,8-10,15H2,1H3. The average Bonchev–Trinajstić information content (AvgIpc) is 2.92. The van der Waals surface area contributed by atoms with Crippen molar-refractivity contribution in [3.05, 3.63) is 24.3 Å². The fourth-order valence-corrected chi connectivity index (χ4v) is 1.99. The predicted octanol–water partition coefficient (Wildman–Crippen LogP) is 1.43. The second-order valence-corrected chi connectivity index (χ2v) is 4.69. The van der Waals surface area contributed by atoms with E-state index in [1.165, 1.54) is 0 Å². The highest BCUT2D eigenvalue weighted by molar-refractivity contribution is 5.93. The monoisotopic (exact) mass is 264 g/mol. The maximum absolute atomic E-state index is 11.9. The fourth-order valence-electron chi connectivity index (χ4n) is 1.99. The minimum absolute atomic E-state index is 0.0702. The molecule has 19 heavy (non-hydrogen) atoms. The van der Waals surface area contributed by atoms with Crippen LogP contribution in [0, 0.1) is 0 Å². The van der Waals surface area contributed by atoms with Crippen LogP contribution in [0.25, 0.3) is 0 Å². The molecule has 104 valence electrons. The summed E-state index contributed by atoms with van der Waals surface area (Å²) >= 11 is 0. The zero-order valence-corrected chi connectivity index (χ0v) is 11.2. The summed E-state index contributed by atoms with van der Waals surface area (Å²) in [5.41, 5.74) is 7.10. The maximum Gasteiger partial charge on any atom is 0.252 e. The largest absolute Gasteiger partial charge is 0.399 e. The van der Waals surface area contributed by atoms with Gasteiger partial charge < -0.3 is 20.1 Å². The van der Waals surface area contributed by atoms with Gasteiger partial charge in [0.15, 0.2) is 0 Å². The van der Waals surface area contributed by atoms with E-state index in [0.717, 1.165) is 25.1 Å². The van der Waals surface area contributed by atoms with Gasteiger partial charge in [-0.05, 0) is 37.1 Å². The Morgan fingerprint density at radius 2 is 2.21 bits per heavy atom. The van der Waals surface area contributed by atoms with Gasteiger partial charge in [0.2, 0.25) is 0 Å². The number of benzene rings is 1. The number of anilines is 2. The molecule has 0 radical (unpaired) electrons. The molecule has 1 heterocycles. The van der Waals surface area contributed by atoms with Gasteiger partial charge in [-0.3, -0.25) is 4.79 Å². The lowest BCUT2D eigenvalue weighted by Crippen LogP contribution is -2.31. The van der Waals surface area contributed by atoms with Crippen molar-refractivity contribution < 1.29 is 14.3 Å². The number of ether oxygens (including phenoxy) is 2. The van der Waals surface area contributed by atoms with Crippen LogP contribution in [0.15, 0.2) is 24.3 Å². The number of carbonyl (C=O) groups excluding carboxylic acids is 1. The molecule has 1 aromatic rings. The zero-order valence-electron chi connectivity index (χ0n) is 11.2. The minimum Gasteiger partial charge on any atom is -0.399 e. The molecule has 1 atom stereocenters. The number of amides is 1. The van der Waals surface area contributed by atoms with E-state index >= 15 is 0 Å². The Labute approximate surface area is 113 Å². The molecule has 1 fully saturated rings. The van der Waals surface area contributed by atoms with Gasteiger partial charge in [-0.2, -0.15) is 0 Å². The first-order chi connectivity index (χ1) is 9.16. The van der Waals surface area contributed by atoms with Crippen LogP contribution in [-0.4, -0.2) is 38.9 Å². The summed E-state index contributed by atoms with van der Waals surface area (Å²) < 4.78 is 10.8. The number of nitrogens with two attached hydrogens (primary N) is 1. The number of rotatable bonds is 5. The second kappa shape index (κ2) is 6.54. The molecule has 5 heteroatoms. The van der Waals surface area contributed by atoms with Crippen LogP contribution in [0.1, 0.15) is 12.8 Å². The molecule has 2 N–H and O–H groups in total. The van der Waals surface area contributed by atoms with Crippen LogP contribution >= 0.6 is 0 Å². The van der Waals surface area contributed by atoms with Gasteiger partial charge >= 0.3 is 0 Å². The third kappa shape index (κ3) is 3.94. The molecule has 0 aromatic heterocycles. The molecular weight excluding hydrogens is 244 g/mol. The molecule has 1 aliphatic rings. The number of nitrogens with zero attached hydrogens (tertiary/aromatic N) is 1. The first kappa shape index (κ1) is 13.8. The number of nitrogen functional groups attached to an aromatic ring is 1. The van der Waals surface area contributed by atoms with Gasteiger partial charge in [0.05, 0.1) is 12.7 Å². The Kier molecular flexibility index (Phi) is 4.76. The summed E-state index contributed by atoms with van der Waals surface area (Å²) in [7, 11) is 1.73. The van der Waals surface area contributed by atoms with Gasteiger partial charge in [-0.15, -0.1) is 0 Å². The van der Waals surface area contributed by atoms with Crippen molar-refractivity contribution in [1.82, 2.24) is 0 Å². The van der Waals surface area contributed by atoms with Crippen molar-refractivity contribution in [2.75, 3.05) is 37.5 Å². The van der Waals surface area contributed by atoms with Gasteiger partial charge in [0.1, 0.15) is 6.61 Å². The van der Waals surface area contributed by atoms with Crippen LogP contribution in [0.4, 0.5) is 11.4 Å². The van der Waals surface area contributed by atoms with E-state index in [1.54, 1.807) is 24.1 Å². The van der Waals surface area contributed by atoms with Gasteiger partial charge in [-0.25, -0.2) is 0 Å². The molecule has 1 unspecified atom stereocenters. The summed E-state index contributed by atoms with van der Waals surface area (Å²) in [6.45, 7) is 1.36. The van der Waals surface area contributed by atoms with E-state index in [9.17, 15) is 4.79 Å². The first-order valence-corrected chi connectivity index (χ1v) is 6.48. The van der Waals surface area contributed by atoms with Crippen molar-refractivity contribution in [3.63, 3.8) is 0 Å². The Morgan fingerprint density at radius 3 is 2.84 bits per heavy atom. The van der Waals surface area contributed by atoms with Gasteiger partial charge in [0.25, 0.3) is 5.91 Å². The van der Waals surface area contributed by atoms with Crippen molar-refractivity contribution in [2.45, 2.75) is 18.9 Å². The first-order valence-electron chi connectivity index (χ1n) is 6.48. The number of carbonyl (C=O) groups is 1. The normalized spacial score (nSPS) is 18.5. The van der Waals surface area contributed by atoms with Crippen molar-refractivity contribution in [2.24, 2.45) is 0 Å². The fraction of sp³-hybridized carbons (Fsp3) is 0.500. The molecule has 1 aromatic carbocycles. The summed E-state index contributed by atoms with van der Waals surface area (Å²) in [5.74, 6) is -0.0808. The molecule has 0 aliphatic carbocycles. The summed E-state index contributed by atoms with van der Waals surface area (Å²) in [6, 6.07) is 7.17. The minimum atomic E-state index is -0.0808. The van der Waals surface area contributed by atoms with Crippen LogP contribution in [0.3, 0.4) is 0 Å². The van der Waals surface area contributed by atoms with Gasteiger partial charge in [0, 0.05) is 25.0 Å². The maximum atomic E-state index is 11.9. The van der Waals surface area contributed by atoms with Crippen LogP contribution < -0.4 is 10.6 Å². The lowest BCUT2D eigenvalue weighted by Gasteiger charge is -2.18. The second-order valence-electron chi connectivity index (χ2n) is 4.69. The van der Waals surface area contributed by atoms with E-state index in [-0.39, 0.29) is 18.6 Å². The molecule has 5 nitrogen and oxygen atoms in total. The number of hydrogen-bond acceptors (Lipinski definition) is 4. The molecular formula is C14H20N2O3. The summed E-state index contributed by atoms with van der Waals surface area (Å²) in [5, 5.41) is 0. The highest BCUT2D eigenvalue weighted by Crippen LogP contribution is 2.15. The Bertz CT molecular complexity index is 413. The quantitative estimate of drug-likeness (QED) is 0.817. The average molecular weight is 264 g/mol. The SMILES string of the molecule is CN(C(=O)COCC1CCCO1)c1ccc(N)cc1. The zero-order chi connectivity index (χ0) is 13.7. The van der Waals surface area contributed by atoms with E-state index < -0.39 is 0 Å². The predicted molar refractivity (Wildman–Crippen MR) is 74.1 cm³/mol. The molecule has 1 saturated heterocycles. The molecule has 0 saturated carbocycles. The highest BCUT2D eigenvalue weighted by Gasteiger charge is 2.17. The van der Waals surface area contributed by atoms with Crippen molar-refractivity contribution >= 4 is 17.3 Å². The lowest BCUT2D eigenvalue weighted by atomic mass is 10.2. The molecule has 1 amide bonds. The molecule has 0 bridgehead atoms. The van der Waals surface area contributed by atoms with Crippen molar-refractivity contribution in [3.8, 4) is 0 Å². The van der Waals surface area contributed by atoms with Crippen LogP contribution in [-0.2, 0) is 14.3 Å². The van der Waals surface area contributed by atoms with E-state index in [1.807, 2.05) is 12.1 Å². The summed E-state index contributed by atoms with van der Waals surface area (Å²) in [4.78, 5) is 13.5. The Hall–Kier alpha value is -1.59. The Morgan fingerprint density at radius 1 is 1.47 bits per heavy atom. The summed E-state index contributed by atoms with van der Waals surface area (Å²) in [6.07, 6.45) is 2.24. The molecule has 0 spiro atoms. The highest BCUT2D eigenvalue weighted by atomic mass is 16.5. The smallest absolute Gasteiger partial charge is 0.252 e.